The molecule has 3 rings (SSSR count). The van der Waals surface area contributed by atoms with Gasteiger partial charge in [-0.25, -0.2) is 4.98 Å². The van der Waals surface area contributed by atoms with E-state index in [0.29, 0.717) is 12.0 Å². The smallest absolute Gasteiger partial charge is 0.222 e. The van der Waals surface area contributed by atoms with E-state index in [2.05, 4.69) is 58.0 Å². The van der Waals surface area contributed by atoms with Crippen LogP contribution in [0, 0.1) is 0 Å². The van der Waals surface area contributed by atoms with Gasteiger partial charge in [-0.3, -0.25) is 0 Å². The van der Waals surface area contributed by atoms with Crippen molar-refractivity contribution < 1.29 is 0 Å². The molecule has 0 bridgehead atoms. The minimum Gasteiger partial charge on any atom is -0.368 e. The van der Waals surface area contributed by atoms with Gasteiger partial charge in [0, 0.05) is 18.8 Å². The predicted octanol–water partition coefficient (Wildman–Crippen LogP) is 3.66. The number of rotatable bonds is 6. The second-order valence-corrected chi connectivity index (χ2v) is 5.93. The van der Waals surface area contributed by atoms with E-state index in [0.717, 1.165) is 36.2 Å². The molecule has 1 atom stereocenters. The third-order valence-corrected chi connectivity index (χ3v) is 3.93. The molecule has 0 aliphatic carbocycles. The molecule has 3 N–H and O–H groups in total. The Morgan fingerprint density at radius 3 is 2.70 bits per heavy atom. The van der Waals surface area contributed by atoms with Gasteiger partial charge < -0.3 is 15.6 Å². The van der Waals surface area contributed by atoms with Crippen LogP contribution in [-0.4, -0.2) is 20.6 Å². The van der Waals surface area contributed by atoms with Crippen LogP contribution in [0.1, 0.15) is 32.3 Å². The Balaban J connectivity index is 1.99. The standard InChI is InChI=1S/C18H23N5/c1-3-7-13(2)20-17-16-15(21-18(19)22-17)10-11-23(16)12-14-8-5-4-6-9-14/h4-6,8-11,13H,3,7,12H2,1-2H3,(H3,19,20,21,22). The van der Waals surface area contributed by atoms with E-state index in [4.69, 9.17) is 5.73 Å². The molecule has 0 radical (unpaired) electrons. The zero-order chi connectivity index (χ0) is 16.2. The number of fused-ring (bicyclic) bond motifs is 1. The summed E-state index contributed by atoms with van der Waals surface area (Å²) in [7, 11) is 0. The molecule has 2 heterocycles. The average molecular weight is 309 g/mol. The summed E-state index contributed by atoms with van der Waals surface area (Å²) in [4.78, 5) is 8.79. The maximum Gasteiger partial charge on any atom is 0.222 e. The van der Waals surface area contributed by atoms with Crippen LogP contribution in [0.3, 0.4) is 0 Å². The minimum absolute atomic E-state index is 0.307. The van der Waals surface area contributed by atoms with Crippen LogP contribution < -0.4 is 11.1 Å². The molecule has 5 heteroatoms. The number of anilines is 2. The van der Waals surface area contributed by atoms with E-state index in [-0.39, 0.29) is 0 Å². The third kappa shape index (κ3) is 3.44. The van der Waals surface area contributed by atoms with Crippen LogP contribution in [-0.2, 0) is 6.54 Å². The molecular weight excluding hydrogens is 286 g/mol. The van der Waals surface area contributed by atoms with Crippen molar-refractivity contribution in [3.63, 3.8) is 0 Å². The van der Waals surface area contributed by atoms with Gasteiger partial charge in [0.25, 0.3) is 0 Å². The molecule has 0 spiro atoms. The second-order valence-electron chi connectivity index (χ2n) is 5.93. The van der Waals surface area contributed by atoms with Crippen molar-refractivity contribution in [1.82, 2.24) is 14.5 Å². The second kappa shape index (κ2) is 6.69. The maximum atomic E-state index is 5.86. The number of benzene rings is 1. The van der Waals surface area contributed by atoms with Crippen molar-refractivity contribution in [3.8, 4) is 0 Å². The molecule has 1 aromatic carbocycles. The minimum atomic E-state index is 0.307. The van der Waals surface area contributed by atoms with Crippen molar-refractivity contribution in [2.24, 2.45) is 0 Å². The summed E-state index contributed by atoms with van der Waals surface area (Å²) in [6, 6.07) is 12.7. The molecular formula is C18H23N5. The number of nitrogens with one attached hydrogen (secondary N) is 1. The molecule has 0 saturated carbocycles. The fraction of sp³-hybridized carbons (Fsp3) is 0.333. The van der Waals surface area contributed by atoms with Crippen LogP contribution >= 0.6 is 0 Å². The summed E-state index contributed by atoms with van der Waals surface area (Å²) in [6.07, 6.45) is 4.26. The Hall–Kier alpha value is -2.56. The first kappa shape index (κ1) is 15.3. The summed E-state index contributed by atoms with van der Waals surface area (Å²) in [6.45, 7) is 5.13. The van der Waals surface area contributed by atoms with Crippen LogP contribution in [0.4, 0.5) is 11.8 Å². The van der Waals surface area contributed by atoms with Crippen molar-refractivity contribution in [2.75, 3.05) is 11.1 Å². The van der Waals surface area contributed by atoms with Crippen molar-refractivity contribution in [2.45, 2.75) is 39.3 Å². The van der Waals surface area contributed by atoms with Gasteiger partial charge >= 0.3 is 0 Å². The average Bonchev–Trinajstić information content (AvgIpc) is 2.91. The van der Waals surface area contributed by atoms with E-state index in [9.17, 15) is 0 Å². The topological polar surface area (TPSA) is 68.8 Å². The fourth-order valence-electron chi connectivity index (χ4n) is 2.88. The first-order valence-corrected chi connectivity index (χ1v) is 8.10. The highest BCUT2D eigenvalue weighted by molar-refractivity contribution is 5.87. The summed E-state index contributed by atoms with van der Waals surface area (Å²) in [5, 5.41) is 3.49. The van der Waals surface area contributed by atoms with Crippen LogP contribution in [0.5, 0.6) is 0 Å². The lowest BCUT2D eigenvalue weighted by Crippen LogP contribution is -2.17. The Morgan fingerprint density at radius 1 is 1.17 bits per heavy atom. The van der Waals surface area contributed by atoms with Crippen molar-refractivity contribution >= 4 is 22.8 Å². The lowest BCUT2D eigenvalue weighted by atomic mass is 10.2. The van der Waals surface area contributed by atoms with E-state index in [1.54, 1.807) is 0 Å². The Labute approximate surface area is 136 Å². The van der Waals surface area contributed by atoms with Crippen LogP contribution in [0.15, 0.2) is 42.6 Å². The Kier molecular flexibility index (Phi) is 4.46. The monoisotopic (exact) mass is 309 g/mol. The lowest BCUT2D eigenvalue weighted by Gasteiger charge is -2.16. The highest BCUT2D eigenvalue weighted by Gasteiger charge is 2.13. The summed E-state index contributed by atoms with van der Waals surface area (Å²) in [5.74, 6) is 1.12. The molecule has 23 heavy (non-hydrogen) atoms. The first-order valence-electron chi connectivity index (χ1n) is 8.10. The van der Waals surface area contributed by atoms with Gasteiger partial charge in [0.1, 0.15) is 5.52 Å². The van der Waals surface area contributed by atoms with Crippen LogP contribution in [0.2, 0.25) is 0 Å². The van der Waals surface area contributed by atoms with Crippen molar-refractivity contribution in [3.05, 3.63) is 48.2 Å². The quantitative estimate of drug-likeness (QED) is 0.729. The van der Waals surface area contributed by atoms with Crippen LogP contribution in [0.25, 0.3) is 11.0 Å². The number of hydrogen-bond acceptors (Lipinski definition) is 4. The zero-order valence-corrected chi connectivity index (χ0v) is 13.7. The van der Waals surface area contributed by atoms with Gasteiger partial charge in [0.2, 0.25) is 5.95 Å². The van der Waals surface area contributed by atoms with E-state index in [1.807, 2.05) is 18.3 Å². The molecule has 3 aromatic rings. The van der Waals surface area contributed by atoms with Gasteiger partial charge in [0.05, 0.1) is 5.52 Å². The molecule has 0 aliphatic rings. The molecule has 1 unspecified atom stereocenters. The molecule has 0 fully saturated rings. The molecule has 2 aromatic heterocycles. The van der Waals surface area contributed by atoms with E-state index >= 15 is 0 Å². The van der Waals surface area contributed by atoms with E-state index in [1.165, 1.54) is 5.56 Å². The Bertz CT molecular complexity index is 779. The molecule has 0 amide bonds. The highest BCUT2D eigenvalue weighted by atomic mass is 15.1. The van der Waals surface area contributed by atoms with Gasteiger partial charge in [-0.15, -0.1) is 0 Å². The highest BCUT2D eigenvalue weighted by Crippen LogP contribution is 2.24. The SMILES string of the molecule is CCCC(C)Nc1nc(N)nc2ccn(Cc3ccccc3)c12. The van der Waals surface area contributed by atoms with Gasteiger partial charge in [0.15, 0.2) is 5.82 Å². The van der Waals surface area contributed by atoms with E-state index < -0.39 is 0 Å². The normalized spacial score (nSPS) is 12.4. The summed E-state index contributed by atoms with van der Waals surface area (Å²) >= 11 is 0. The molecule has 120 valence electrons. The molecule has 0 aliphatic heterocycles. The van der Waals surface area contributed by atoms with Crippen molar-refractivity contribution in [1.29, 1.82) is 0 Å². The summed E-state index contributed by atoms with van der Waals surface area (Å²) < 4.78 is 2.17. The number of nitrogens with zero attached hydrogens (tertiary/aromatic N) is 3. The summed E-state index contributed by atoms with van der Waals surface area (Å²) in [5.41, 5.74) is 8.99. The number of hydrogen-bond donors (Lipinski definition) is 2. The predicted molar refractivity (Wildman–Crippen MR) is 95.5 cm³/mol. The number of nitrogens with two attached hydrogens (primary N) is 1. The zero-order valence-electron chi connectivity index (χ0n) is 13.7. The fourth-order valence-corrected chi connectivity index (χ4v) is 2.88. The number of aromatic nitrogens is 3. The van der Waals surface area contributed by atoms with Gasteiger partial charge in [-0.05, 0) is 25.0 Å². The molecule has 0 saturated heterocycles. The van der Waals surface area contributed by atoms with Gasteiger partial charge in [-0.2, -0.15) is 4.98 Å². The molecule has 5 nitrogen and oxygen atoms in total. The number of nitrogen functional groups attached to an aromatic ring is 1. The lowest BCUT2D eigenvalue weighted by molar-refractivity contribution is 0.687. The maximum absolute atomic E-state index is 5.86. The first-order chi connectivity index (χ1) is 11.2. The largest absolute Gasteiger partial charge is 0.368 e. The van der Waals surface area contributed by atoms with Gasteiger partial charge in [-0.1, -0.05) is 43.7 Å². The Morgan fingerprint density at radius 2 is 1.96 bits per heavy atom. The third-order valence-electron chi connectivity index (χ3n) is 3.93.